The Morgan fingerprint density at radius 1 is 0.938 bits per heavy atom. The minimum atomic E-state index is 1.05. The molecule has 3 rings (SSSR count). The molecule has 78 valence electrons. The van der Waals surface area contributed by atoms with Crippen molar-refractivity contribution in [2.75, 3.05) is 0 Å². The van der Waals surface area contributed by atoms with Gasteiger partial charge in [0, 0.05) is 17.0 Å². The Balaban J connectivity index is 2.57. The number of aryl methyl sites for hydroxylation is 1. The van der Waals surface area contributed by atoms with Crippen molar-refractivity contribution in [2.24, 2.45) is 0 Å². The van der Waals surface area contributed by atoms with Gasteiger partial charge < -0.3 is 0 Å². The maximum Gasteiger partial charge on any atom is 0.0783 e. The van der Waals surface area contributed by atoms with Crippen LogP contribution in [0.5, 0.6) is 0 Å². The molecular formula is C15H13N. The highest BCUT2D eigenvalue weighted by Gasteiger charge is 2.04. The monoisotopic (exact) mass is 207 g/mol. The highest BCUT2D eigenvalue weighted by Crippen LogP contribution is 2.26. The topological polar surface area (TPSA) is 12.9 Å². The largest absolute Gasteiger partial charge is 0.256 e. The Morgan fingerprint density at radius 3 is 2.62 bits per heavy atom. The number of aromatic nitrogens is 1. The Kier molecular flexibility index (Phi) is 2.10. The van der Waals surface area contributed by atoms with Crippen LogP contribution in [0.3, 0.4) is 0 Å². The van der Waals surface area contributed by atoms with Crippen molar-refractivity contribution >= 4 is 21.7 Å². The molecule has 0 amide bonds. The van der Waals surface area contributed by atoms with Crippen molar-refractivity contribution in [2.45, 2.75) is 13.3 Å². The van der Waals surface area contributed by atoms with Gasteiger partial charge in [-0.2, -0.15) is 0 Å². The van der Waals surface area contributed by atoms with Gasteiger partial charge in [0.1, 0.15) is 0 Å². The molecule has 0 bridgehead atoms. The zero-order valence-electron chi connectivity index (χ0n) is 9.27. The fourth-order valence-electron chi connectivity index (χ4n) is 2.28. The normalized spacial score (nSPS) is 11.1. The van der Waals surface area contributed by atoms with E-state index in [0.29, 0.717) is 0 Å². The van der Waals surface area contributed by atoms with Gasteiger partial charge in [0.2, 0.25) is 0 Å². The summed E-state index contributed by atoms with van der Waals surface area (Å²) in [6.07, 6.45) is 2.92. The molecule has 1 aromatic heterocycles. The molecule has 2 aromatic carbocycles. The first kappa shape index (κ1) is 9.34. The van der Waals surface area contributed by atoms with Crippen LogP contribution in [0, 0.1) is 0 Å². The van der Waals surface area contributed by atoms with Crippen molar-refractivity contribution in [1.29, 1.82) is 0 Å². The third-order valence-electron chi connectivity index (χ3n) is 3.08. The van der Waals surface area contributed by atoms with E-state index in [1.54, 1.807) is 0 Å². The standard InChI is InChI=1S/C15H13N/c1-2-11-5-3-6-12-8-9-13-7-4-10-16-15(13)14(11)12/h3-10H,2H2,1H3. The van der Waals surface area contributed by atoms with Crippen LogP contribution in [0.1, 0.15) is 12.5 Å². The number of nitrogens with zero attached hydrogens (tertiary/aromatic N) is 1. The van der Waals surface area contributed by atoms with Gasteiger partial charge in [0.15, 0.2) is 0 Å². The number of benzene rings is 2. The van der Waals surface area contributed by atoms with E-state index in [0.717, 1.165) is 11.9 Å². The average Bonchev–Trinajstić information content (AvgIpc) is 2.37. The Morgan fingerprint density at radius 2 is 1.75 bits per heavy atom. The summed E-state index contributed by atoms with van der Waals surface area (Å²) in [5, 5.41) is 3.81. The van der Waals surface area contributed by atoms with E-state index in [-0.39, 0.29) is 0 Å². The molecule has 0 aliphatic heterocycles. The van der Waals surface area contributed by atoms with Crippen LogP contribution < -0.4 is 0 Å². The molecule has 1 heterocycles. The molecule has 0 radical (unpaired) electrons. The zero-order chi connectivity index (χ0) is 11.0. The second-order valence-corrected chi connectivity index (χ2v) is 4.01. The second kappa shape index (κ2) is 3.60. The van der Waals surface area contributed by atoms with E-state index < -0.39 is 0 Å². The Labute approximate surface area is 94.7 Å². The number of hydrogen-bond acceptors (Lipinski definition) is 1. The molecular weight excluding hydrogens is 194 g/mol. The molecule has 0 aliphatic rings. The van der Waals surface area contributed by atoms with Crippen molar-refractivity contribution in [3.05, 3.63) is 54.2 Å². The van der Waals surface area contributed by atoms with Gasteiger partial charge in [0.25, 0.3) is 0 Å². The smallest absolute Gasteiger partial charge is 0.0783 e. The summed E-state index contributed by atoms with van der Waals surface area (Å²) in [4.78, 5) is 4.52. The van der Waals surface area contributed by atoms with Crippen LogP contribution in [0.15, 0.2) is 48.7 Å². The third-order valence-corrected chi connectivity index (χ3v) is 3.08. The summed E-state index contributed by atoms with van der Waals surface area (Å²) < 4.78 is 0. The van der Waals surface area contributed by atoms with E-state index >= 15 is 0 Å². The molecule has 1 heteroatoms. The average molecular weight is 207 g/mol. The Hall–Kier alpha value is -1.89. The summed E-state index contributed by atoms with van der Waals surface area (Å²) >= 11 is 0. The Bertz CT molecular complexity index is 656. The van der Waals surface area contributed by atoms with Gasteiger partial charge in [-0.3, -0.25) is 4.98 Å². The number of rotatable bonds is 1. The van der Waals surface area contributed by atoms with Gasteiger partial charge in [-0.1, -0.05) is 43.3 Å². The third kappa shape index (κ3) is 1.28. The lowest BCUT2D eigenvalue weighted by Crippen LogP contribution is -1.87. The highest BCUT2D eigenvalue weighted by molar-refractivity contribution is 6.06. The molecule has 0 saturated heterocycles. The maximum absolute atomic E-state index is 4.52. The number of hydrogen-bond donors (Lipinski definition) is 0. The lowest BCUT2D eigenvalue weighted by molar-refractivity contribution is 1.16. The molecule has 0 fully saturated rings. The van der Waals surface area contributed by atoms with Crippen LogP contribution in [-0.2, 0) is 6.42 Å². The molecule has 0 unspecified atom stereocenters. The van der Waals surface area contributed by atoms with E-state index in [4.69, 9.17) is 0 Å². The van der Waals surface area contributed by atoms with E-state index in [9.17, 15) is 0 Å². The maximum atomic E-state index is 4.52. The minimum absolute atomic E-state index is 1.05. The first-order valence-corrected chi connectivity index (χ1v) is 5.65. The van der Waals surface area contributed by atoms with Gasteiger partial charge in [-0.25, -0.2) is 0 Å². The lowest BCUT2D eigenvalue weighted by atomic mass is 10.00. The molecule has 1 nitrogen and oxygen atoms in total. The van der Waals surface area contributed by atoms with Crippen molar-refractivity contribution in [3.63, 3.8) is 0 Å². The van der Waals surface area contributed by atoms with Gasteiger partial charge in [-0.05, 0) is 23.4 Å². The minimum Gasteiger partial charge on any atom is -0.256 e. The van der Waals surface area contributed by atoms with Crippen molar-refractivity contribution in [3.8, 4) is 0 Å². The SMILES string of the molecule is CCc1cccc2ccc3cccnc3c12. The molecule has 0 aliphatic carbocycles. The fourth-order valence-corrected chi connectivity index (χ4v) is 2.28. The second-order valence-electron chi connectivity index (χ2n) is 4.01. The summed E-state index contributed by atoms with van der Waals surface area (Å²) in [5.41, 5.74) is 2.50. The molecule has 0 atom stereocenters. The fraction of sp³-hybridized carbons (Fsp3) is 0.133. The van der Waals surface area contributed by atoms with Crippen molar-refractivity contribution < 1.29 is 0 Å². The lowest BCUT2D eigenvalue weighted by Gasteiger charge is -2.07. The molecule has 0 saturated carbocycles. The van der Waals surface area contributed by atoms with Crippen LogP contribution in [0.2, 0.25) is 0 Å². The van der Waals surface area contributed by atoms with Crippen LogP contribution >= 0.6 is 0 Å². The summed E-state index contributed by atoms with van der Waals surface area (Å²) in [6, 6.07) is 14.9. The quantitative estimate of drug-likeness (QED) is 0.550. The van der Waals surface area contributed by atoms with Crippen molar-refractivity contribution in [1.82, 2.24) is 4.98 Å². The van der Waals surface area contributed by atoms with E-state index in [1.807, 2.05) is 12.3 Å². The summed E-state index contributed by atoms with van der Waals surface area (Å²) in [5.74, 6) is 0. The van der Waals surface area contributed by atoms with Crippen LogP contribution in [0.25, 0.3) is 21.7 Å². The number of fused-ring (bicyclic) bond motifs is 3. The molecule has 16 heavy (non-hydrogen) atoms. The molecule has 0 N–H and O–H groups in total. The predicted molar refractivity (Wildman–Crippen MR) is 68.6 cm³/mol. The van der Waals surface area contributed by atoms with Gasteiger partial charge in [0.05, 0.1) is 5.52 Å². The first-order valence-electron chi connectivity index (χ1n) is 5.65. The highest BCUT2D eigenvalue weighted by atomic mass is 14.6. The molecule has 0 spiro atoms. The first-order chi connectivity index (χ1) is 7.90. The summed E-state index contributed by atoms with van der Waals surface area (Å²) in [7, 11) is 0. The van der Waals surface area contributed by atoms with Gasteiger partial charge >= 0.3 is 0 Å². The number of pyridine rings is 1. The molecule has 3 aromatic rings. The van der Waals surface area contributed by atoms with Crippen LogP contribution in [0.4, 0.5) is 0 Å². The zero-order valence-corrected chi connectivity index (χ0v) is 9.27. The van der Waals surface area contributed by atoms with E-state index in [1.165, 1.54) is 21.7 Å². The van der Waals surface area contributed by atoms with Gasteiger partial charge in [-0.15, -0.1) is 0 Å². The van der Waals surface area contributed by atoms with Crippen LogP contribution in [-0.4, -0.2) is 4.98 Å². The predicted octanol–water partition coefficient (Wildman–Crippen LogP) is 3.95. The van der Waals surface area contributed by atoms with E-state index in [2.05, 4.69) is 48.3 Å². The summed E-state index contributed by atoms with van der Waals surface area (Å²) in [6.45, 7) is 2.19.